The number of esters is 1. The van der Waals surface area contributed by atoms with Gasteiger partial charge in [0.25, 0.3) is 11.8 Å². The second-order valence-corrected chi connectivity index (χ2v) is 8.94. The summed E-state index contributed by atoms with van der Waals surface area (Å²) >= 11 is 0. The molecular weight excluding hydrogens is 504 g/mol. The SMILES string of the molecule is COC(=O)c1ccc(COc2ccc(C=C(C(=O)NCc3ccccc3)C(=O)NCc3ccccc3)cc2)cc1. The van der Waals surface area contributed by atoms with Crippen molar-refractivity contribution in [2.45, 2.75) is 19.7 Å². The first-order chi connectivity index (χ1) is 19.5. The Kier molecular flexibility index (Phi) is 9.83. The summed E-state index contributed by atoms with van der Waals surface area (Å²) in [5.74, 6) is -0.703. The highest BCUT2D eigenvalue weighted by atomic mass is 16.5. The van der Waals surface area contributed by atoms with Crippen molar-refractivity contribution in [3.63, 3.8) is 0 Å². The third-order valence-electron chi connectivity index (χ3n) is 6.05. The lowest BCUT2D eigenvalue weighted by atomic mass is 10.1. The van der Waals surface area contributed by atoms with Gasteiger partial charge in [0.2, 0.25) is 0 Å². The van der Waals surface area contributed by atoms with Gasteiger partial charge in [-0.3, -0.25) is 9.59 Å². The zero-order chi connectivity index (χ0) is 28.2. The Hall–Kier alpha value is -5.17. The molecular formula is C33H30N2O5. The largest absolute Gasteiger partial charge is 0.489 e. The normalized spacial score (nSPS) is 10.2. The Morgan fingerprint density at radius 1 is 0.650 bits per heavy atom. The molecule has 4 aromatic carbocycles. The van der Waals surface area contributed by atoms with Crippen LogP contribution in [0.15, 0.2) is 115 Å². The fraction of sp³-hybridized carbons (Fsp3) is 0.121. The second-order valence-electron chi connectivity index (χ2n) is 8.94. The van der Waals surface area contributed by atoms with Gasteiger partial charge in [-0.15, -0.1) is 0 Å². The minimum absolute atomic E-state index is 0.00577. The highest BCUT2D eigenvalue weighted by Gasteiger charge is 2.18. The van der Waals surface area contributed by atoms with E-state index in [0.717, 1.165) is 16.7 Å². The molecule has 202 valence electrons. The van der Waals surface area contributed by atoms with Gasteiger partial charge in [0, 0.05) is 13.1 Å². The van der Waals surface area contributed by atoms with Crippen LogP contribution in [-0.2, 0) is 34.0 Å². The molecule has 0 aliphatic rings. The molecule has 0 unspecified atom stereocenters. The van der Waals surface area contributed by atoms with Crippen LogP contribution >= 0.6 is 0 Å². The average Bonchev–Trinajstić information content (AvgIpc) is 3.01. The summed E-state index contributed by atoms with van der Waals surface area (Å²) in [4.78, 5) is 37.8. The molecule has 0 spiro atoms. The fourth-order valence-corrected chi connectivity index (χ4v) is 3.83. The number of hydrogen-bond donors (Lipinski definition) is 2. The van der Waals surface area contributed by atoms with E-state index in [9.17, 15) is 14.4 Å². The van der Waals surface area contributed by atoms with Gasteiger partial charge in [0.05, 0.1) is 12.7 Å². The molecule has 4 aromatic rings. The van der Waals surface area contributed by atoms with Gasteiger partial charge in [0.1, 0.15) is 17.9 Å². The highest BCUT2D eigenvalue weighted by molar-refractivity contribution is 6.21. The number of hydrogen-bond acceptors (Lipinski definition) is 5. The number of nitrogens with one attached hydrogen (secondary N) is 2. The van der Waals surface area contributed by atoms with Crippen LogP contribution in [-0.4, -0.2) is 24.9 Å². The smallest absolute Gasteiger partial charge is 0.337 e. The van der Waals surface area contributed by atoms with Crippen LogP contribution in [0.4, 0.5) is 0 Å². The van der Waals surface area contributed by atoms with Crippen molar-refractivity contribution in [1.82, 2.24) is 10.6 Å². The van der Waals surface area contributed by atoms with Gasteiger partial charge in [-0.05, 0) is 52.6 Å². The van der Waals surface area contributed by atoms with E-state index in [1.807, 2.05) is 60.7 Å². The first kappa shape index (κ1) is 27.9. The zero-order valence-corrected chi connectivity index (χ0v) is 22.1. The van der Waals surface area contributed by atoms with Gasteiger partial charge in [-0.1, -0.05) is 84.9 Å². The zero-order valence-electron chi connectivity index (χ0n) is 22.1. The number of carbonyl (C=O) groups excluding carboxylic acids is 3. The molecule has 0 heterocycles. The van der Waals surface area contributed by atoms with Crippen molar-refractivity contribution in [3.8, 4) is 5.75 Å². The van der Waals surface area contributed by atoms with Crippen molar-refractivity contribution < 1.29 is 23.9 Å². The van der Waals surface area contributed by atoms with Gasteiger partial charge in [-0.2, -0.15) is 0 Å². The molecule has 7 nitrogen and oxygen atoms in total. The van der Waals surface area contributed by atoms with E-state index in [1.54, 1.807) is 54.6 Å². The van der Waals surface area contributed by atoms with Gasteiger partial charge >= 0.3 is 5.97 Å². The summed E-state index contributed by atoms with van der Waals surface area (Å²) in [7, 11) is 1.34. The number of amides is 2. The third-order valence-corrected chi connectivity index (χ3v) is 6.05. The Morgan fingerprint density at radius 2 is 1.18 bits per heavy atom. The van der Waals surface area contributed by atoms with E-state index < -0.39 is 17.8 Å². The number of carbonyl (C=O) groups is 3. The van der Waals surface area contributed by atoms with Crippen LogP contribution in [0.2, 0.25) is 0 Å². The van der Waals surface area contributed by atoms with Crippen molar-refractivity contribution in [1.29, 1.82) is 0 Å². The van der Waals surface area contributed by atoms with Crippen LogP contribution in [0.5, 0.6) is 5.75 Å². The number of methoxy groups -OCH3 is 1. The predicted molar refractivity (Wildman–Crippen MR) is 153 cm³/mol. The lowest BCUT2D eigenvalue weighted by Crippen LogP contribution is -2.34. The number of rotatable bonds is 11. The molecule has 0 aliphatic heterocycles. The van der Waals surface area contributed by atoms with E-state index in [4.69, 9.17) is 9.47 Å². The molecule has 2 amide bonds. The monoisotopic (exact) mass is 534 g/mol. The van der Waals surface area contributed by atoms with Crippen LogP contribution in [0.25, 0.3) is 6.08 Å². The van der Waals surface area contributed by atoms with Crippen LogP contribution in [0, 0.1) is 0 Å². The third kappa shape index (κ3) is 8.16. The minimum atomic E-state index is -0.467. The molecule has 0 saturated carbocycles. The summed E-state index contributed by atoms with van der Waals surface area (Å²) < 4.78 is 10.6. The molecule has 0 radical (unpaired) electrons. The average molecular weight is 535 g/mol. The second kappa shape index (κ2) is 14.1. The van der Waals surface area contributed by atoms with Crippen molar-refractivity contribution in [2.24, 2.45) is 0 Å². The molecule has 2 N–H and O–H groups in total. The fourth-order valence-electron chi connectivity index (χ4n) is 3.83. The summed E-state index contributed by atoms with van der Waals surface area (Å²) in [6.07, 6.45) is 1.57. The van der Waals surface area contributed by atoms with Crippen molar-refractivity contribution in [3.05, 3.63) is 143 Å². The molecule has 0 bridgehead atoms. The molecule has 0 aromatic heterocycles. The summed E-state index contributed by atoms with van der Waals surface area (Å²) in [5, 5.41) is 5.68. The Morgan fingerprint density at radius 3 is 1.68 bits per heavy atom. The number of ether oxygens (including phenoxy) is 2. The lowest BCUT2D eigenvalue weighted by molar-refractivity contribution is -0.123. The first-order valence-corrected chi connectivity index (χ1v) is 12.8. The molecule has 0 saturated heterocycles. The molecule has 4 rings (SSSR count). The maximum absolute atomic E-state index is 13.1. The summed E-state index contributed by atoms with van der Waals surface area (Å²) in [6, 6.07) is 33.1. The molecule has 7 heteroatoms. The quantitative estimate of drug-likeness (QED) is 0.121. The first-order valence-electron chi connectivity index (χ1n) is 12.8. The van der Waals surface area contributed by atoms with E-state index in [1.165, 1.54) is 7.11 Å². The van der Waals surface area contributed by atoms with Crippen LogP contribution in [0.1, 0.15) is 32.6 Å². The minimum Gasteiger partial charge on any atom is -0.489 e. The molecule has 0 aliphatic carbocycles. The van der Waals surface area contributed by atoms with E-state index in [0.29, 0.717) is 36.6 Å². The number of benzene rings is 4. The Balaban J connectivity index is 1.43. The maximum atomic E-state index is 13.1. The van der Waals surface area contributed by atoms with E-state index in [2.05, 4.69) is 10.6 Å². The molecule has 40 heavy (non-hydrogen) atoms. The standard InChI is InChI=1S/C33H30N2O5/c1-39-33(38)28-16-12-27(13-17-28)23-40-29-18-14-24(15-19-29)20-30(31(36)34-21-25-8-4-2-5-9-25)32(37)35-22-26-10-6-3-7-11-26/h2-20H,21-23H2,1H3,(H,34,36)(H,35,37). The summed E-state index contributed by atoms with van der Waals surface area (Å²) in [6.45, 7) is 0.915. The Bertz CT molecular complexity index is 1390. The molecule has 0 fully saturated rings. The lowest BCUT2D eigenvalue weighted by Gasteiger charge is -2.11. The topological polar surface area (TPSA) is 93.7 Å². The summed E-state index contributed by atoms with van der Waals surface area (Å²) in [5.41, 5.74) is 3.91. The highest BCUT2D eigenvalue weighted by Crippen LogP contribution is 2.17. The van der Waals surface area contributed by atoms with Gasteiger partial charge < -0.3 is 20.1 Å². The van der Waals surface area contributed by atoms with Crippen LogP contribution < -0.4 is 15.4 Å². The molecule has 0 atom stereocenters. The van der Waals surface area contributed by atoms with Gasteiger partial charge in [0.15, 0.2) is 0 Å². The van der Waals surface area contributed by atoms with Crippen molar-refractivity contribution >= 4 is 23.9 Å². The predicted octanol–water partition coefficient (Wildman–Crippen LogP) is 5.07. The van der Waals surface area contributed by atoms with Crippen LogP contribution in [0.3, 0.4) is 0 Å². The maximum Gasteiger partial charge on any atom is 0.337 e. The van der Waals surface area contributed by atoms with Crippen molar-refractivity contribution in [2.75, 3.05) is 7.11 Å². The Labute approximate surface area is 233 Å². The van der Waals surface area contributed by atoms with Gasteiger partial charge in [-0.25, -0.2) is 4.79 Å². The van der Waals surface area contributed by atoms with E-state index in [-0.39, 0.29) is 5.57 Å². The van der Waals surface area contributed by atoms with E-state index >= 15 is 0 Å².